The molecule has 1 saturated heterocycles. The summed E-state index contributed by atoms with van der Waals surface area (Å²) in [6.45, 7) is 4.75. The summed E-state index contributed by atoms with van der Waals surface area (Å²) in [5, 5.41) is 3.44. The molecule has 0 aliphatic carbocycles. The fourth-order valence-electron chi connectivity index (χ4n) is 3.46. The zero-order valence-corrected chi connectivity index (χ0v) is 12.3. The van der Waals surface area contributed by atoms with E-state index in [0.717, 1.165) is 45.3 Å². The number of nitrogens with one attached hydrogen (secondary N) is 1. The van der Waals surface area contributed by atoms with E-state index in [1.807, 2.05) is 0 Å². The van der Waals surface area contributed by atoms with Crippen molar-refractivity contribution in [3.05, 3.63) is 35.4 Å². The summed E-state index contributed by atoms with van der Waals surface area (Å²) < 4.78 is 0. The van der Waals surface area contributed by atoms with Crippen LogP contribution in [0.5, 0.6) is 0 Å². The lowest BCUT2D eigenvalue weighted by Crippen LogP contribution is -2.58. The monoisotopic (exact) mass is 272 g/mol. The van der Waals surface area contributed by atoms with Gasteiger partial charge in [0.25, 0.3) is 0 Å². The van der Waals surface area contributed by atoms with Crippen molar-refractivity contribution >= 4 is 5.91 Å². The molecule has 2 aliphatic rings. The van der Waals surface area contributed by atoms with Crippen molar-refractivity contribution < 1.29 is 4.79 Å². The van der Waals surface area contributed by atoms with Crippen molar-refractivity contribution in [1.82, 2.24) is 10.2 Å². The molecule has 0 saturated carbocycles. The van der Waals surface area contributed by atoms with Crippen LogP contribution in [0.3, 0.4) is 0 Å². The second-order valence-electron chi connectivity index (χ2n) is 6.28. The molecular formula is C17H24N2O. The Labute approximate surface area is 121 Å². The number of piperidine rings is 1. The van der Waals surface area contributed by atoms with Gasteiger partial charge in [0.2, 0.25) is 5.91 Å². The van der Waals surface area contributed by atoms with Gasteiger partial charge >= 0.3 is 0 Å². The minimum atomic E-state index is -0.339. The highest BCUT2D eigenvalue weighted by molar-refractivity contribution is 5.86. The SMILES string of the molecule is CC1(C(=O)N2CCc3ccccc3CC2)CCCCN1. The molecule has 1 N–H and O–H groups in total. The van der Waals surface area contributed by atoms with Gasteiger partial charge in [-0.1, -0.05) is 24.3 Å². The zero-order valence-electron chi connectivity index (χ0n) is 12.3. The summed E-state index contributed by atoms with van der Waals surface area (Å²) in [4.78, 5) is 14.9. The quantitative estimate of drug-likeness (QED) is 0.849. The van der Waals surface area contributed by atoms with Crippen molar-refractivity contribution in [3.63, 3.8) is 0 Å². The van der Waals surface area contributed by atoms with E-state index in [1.165, 1.54) is 17.5 Å². The molecule has 0 radical (unpaired) electrons. The van der Waals surface area contributed by atoms with Gasteiger partial charge in [-0.3, -0.25) is 4.79 Å². The Morgan fingerprint density at radius 3 is 2.35 bits per heavy atom. The molecule has 2 aliphatic heterocycles. The normalized spacial score (nSPS) is 26.8. The first-order chi connectivity index (χ1) is 9.69. The molecule has 1 aromatic carbocycles. The minimum Gasteiger partial charge on any atom is -0.340 e. The highest BCUT2D eigenvalue weighted by atomic mass is 16.2. The molecule has 1 unspecified atom stereocenters. The first-order valence-corrected chi connectivity index (χ1v) is 7.80. The molecule has 108 valence electrons. The van der Waals surface area contributed by atoms with E-state index in [4.69, 9.17) is 0 Å². The van der Waals surface area contributed by atoms with E-state index in [2.05, 4.69) is 41.4 Å². The first kappa shape index (κ1) is 13.6. The summed E-state index contributed by atoms with van der Waals surface area (Å²) >= 11 is 0. The maximum absolute atomic E-state index is 12.8. The summed E-state index contributed by atoms with van der Waals surface area (Å²) in [7, 11) is 0. The first-order valence-electron chi connectivity index (χ1n) is 7.80. The number of fused-ring (bicyclic) bond motifs is 1. The molecule has 3 rings (SSSR count). The van der Waals surface area contributed by atoms with E-state index in [0.29, 0.717) is 5.91 Å². The van der Waals surface area contributed by atoms with Gasteiger partial charge in [0.05, 0.1) is 5.54 Å². The Balaban J connectivity index is 1.71. The van der Waals surface area contributed by atoms with Gasteiger partial charge in [-0.05, 0) is 56.7 Å². The molecule has 3 heteroatoms. The van der Waals surface area contributed by atoms with Crippen LogP contribution in [0.25, 0.3) is 0 Å². The van der Waals surface area contributed by atoms with Gasteiger partial charge in [-0.25, -0.2) is 0 Å². The van der Waals surface area contributed by atoms with Gasteiger partial charge in [0, 0.05) is 13.1 Å². The molecule has 1 amide bonds. The van der Waals surface area contributed by atoms with Crippen LogP contribution in [0.4, 0.5) is 0 Å². The number of carbonyl (C=O) groups is 1. The lowest BCUT2D eigenvalue weighted by molar-refractivity contribution is -0.138. The van der Waals surface area contributed by atoms with E-state index in [1.54, 1.807) is 0 Å². The maximum Gasteiger partial charge on any atom is 0.242 e. The Bertz CT molecular complexity index is 465. The highest BCUT2D eigenvalue weighted by Crippen LogP contribution is 2.23. The number of hydrogen-bond acceptors (Lipinski definition) is 2. The zero-order chi connectivity index (χ0) is 14.0. The number of carbonyl (C=O) groups excluding carboxylic acids is 1. The van der Waals surface area contributed by atoms with Crippen molar-refractivity contribution in [2.45, 2.75) is 44.6 Å². The van der Waals surface area contributed by atoms with Gasteiger partial charge in [-0.15, -0.1) is 0 Å². The maximum atomic E-state index is 12.8. The van der Waals surface area contributed by atoms with E-state index in [-0.39, 0.29) is 5.54 Å². The molecule has 1 atom stereocenters. The third-order valence-electron chi connectivity index (χ3n) is 4.80. The Morgan fingerprint density at radius 2 is 1.80 bits per heavy atom. The second kappa shape index (κ2) is 5.57. The topological polar surface area (TPSA) is 32.3 Å². The average molecular weight is 272 g/mol. The molecule has 0 aromatic heterocycles. The molecule has 2 heterocycles. The standard InChI is InChI=1S/C17H24N2O/c1-17(10-4-5-11-18-17)16(20)19-12-8-14-6-2-3-7-15(14)9-13-19/h2-3,6-7,18H,4-5,8-13H2,1H3. The van der Waals surface area contributed by atoms with Crippen LogP contribution in [0.1, 0.15) is 37.3 Å². The van der Waals surface area contributed by atoms with Crippen LogP contribution >= 0.6 is 0 Å². The molecule has 1 aromatic rings. The lowest BCUT2D eigenvalue weighted by atomic mass is 9.89. The number of rotatable bonds is 1. The number of nitrogens with zero attached hydrogens (tertiary/aromatic N) is 1. The van der Waals surface area contributed by atoms with Gasteiger partial charge in [-0.2, -0.15) is 0 Å². The van der Waals surface area contributed by atoms with Crippen LogP contribution in [0.15, 0.2) is 24.3 Å². The van der Waals surface area contributed by atoms with Crippen LogP contribution < -0.4 is 5.32 Å². The Hall–Kier alpha value is -1.35. The molecule has 3 nitrogen and oxygen atoms in total. The van der Waals surface area contributed by atoms with Gasteiger partial charge < -0.3 is 10.2 Å². The second-order valence-corrected chi connectivity index (χ2v) is 6.28. The molecule has 0 spiro atoms. The third-order valence-corrected chi connectivity index (χ3v) is 4.80. The van der Waals surface area contributed by atoms with E-state index < -0.39 is 0 Å². The predicted octanol–water partition coefficient (Wildman–Crippen LogP) is 2.15. The van der Waals surface area contributed by atoms with E-state index >= 15 is 0 Å². The number of amides is 1. The number of benzene rings is 1. The van der Waals surface area contributed by atoms with Crippen LogP contribution in [0, 0.1) is 0 Å². The van der Waals surface area contributed by atoms with E-state index in [9.17, 15) is 4.79 Å². The average Bonchev–Trinajstić information content (AvgIpc) is 2.70. The molecular weight excluding hydrogens is 248 g/mol. The smallest absolute Gasteiger partial charge is 0.242 e. The van der Waals surface area contributed by atoms with Crippen LogP contribution in [0.2, 0.25) is 0 Å². The van der Waals surface area contributed by atoms with Crippen molar-refractivity contribution in [2.75, 3.05) is 19.6 Å². The predicted molar refractivity (Wildman–Crippen MR) is 80.7 cm³/mol. The van der Waals surface area contributed by atoms with Gasteiger partial charge in [0.1, 0.15) is 0 Å². The summed E-state index contributed by atoms with van der Waals surface area (Å²) in [5.74, 6) is 0.296. The minimum absolute atomic E-state index is 0.296. The summed E-state index contributed by atoms with van der Waals surface area (Å²) in [6.07, 6.45) is 5.28. The van der Waals surface area contributed by atoms with Crippen molar-refractivity contribution in [2.24, 2.45) is 0 Å². The summed E-state index contributed by atoms with van der Waals surface area (Å²) in [6, 6.07) is 8.59. The molecule has 20 heavy (non-hydrogen) atoms. The third kappa shape index (κ3) is 2.59. The summed E-state index contributed by atoms with van der Waals surface area (Å²) in [5.41, 5.74) is 2.48. The van der Waals surface area contributed by atoms with Gasteiger partial charge in [0.15, 0.2) is 0 Å². The Kier molecular flexibility index (Phi) is 3.79. The largest absolute Gasteiger partial charge is 0.340 e. The highest BCUT2D eigenvalue weighted by Gasteiger charge is 2.37. The molecule has 0 bridgehead atoms. The van der Waals surface area contributed by atoms with Crippen molar-refractivity contribution in [3.8, 4) is 0 Å². The van der Waals surface area contributed by atoms with Crippen molar-refractivity contribution in [1.29, 1.82) is 0 Å². The van der Waals surface area contributed by atoms with Crippen LogP contribution in [-0.4, -0.2) is 36.0 Å². The number of hydrogen-bond donors (Lipinski definition) is 1. The fourth-order valence-corrected chi connectivity index (χ4v) is 3.46. The lowest BCUT2D eigenvalue weighted by Gasteiger charge is -2.37. The van der Waals surface area contributed by atoms with Crippen LogP contribution in [-0.2, 0) is 17.6 Å². The fraction of sp³-hybridized carbons (Fsp3) is 0.588. The Morgan fingerprint density at radius 1 is 1.15 bits per heavy atom. The molecule has 1 fully saturated rings.